The minimum absolute atomic E-state index is 0.182. The van der Waals surface area contributed by atoms with E-state index in [1.54, 1.807) is 24.3 Å². The lowest BCUT2D eigenvalue weighted by Crippen LogP contribution is -2.47. The minimum atomic E-state index is -1.13. The van der Waals surface area contributed by atoms with E-state index in [9.17, 15) is 14.7 Å². The second-order valence-electron chi connectivity index (χ2n) is 11.6. The molecule has 5 rings (SSSR count). The minimum Gasteiger partial charge on any atom is -0.379 e. The Hall–Kier alpha value is -4.19. The maximum atomic E-state index is 12.9. The molecule has 4 N–H and O–H groups in total. The Bertz CT molecular complexity index is 1440. The molecule has 0 unspecified atom stereocenters. The number of nitrogens with zero attached hydrogens (tertiary/aromatic N) is 4. The van der Waals surface area contributed by atoms with Crippen LogP contribution in [0.15, 0.2) is 61.3 Å². The molecule has 11 nitrogen and oxygen atoms in total. The van der Waals surface area contributed by atoms with Crippen molar-refractivity contribution in [1.29, 1.82) is 0 Å². The van der Waals surface area contributed by atoms with Gasteiger partial charge in [-0.05, 0) is 81.4 Å². The summed E-state index contributed by atoms with van der Waals surface area (Å²) in [5.41, 5.74) is 1.75. The Morgan fingerprint density at radius 1 is 1.11 bits per heavy atom. The average Bonchev–Trinajstić information content (AvgIpc) is 3.03. The number of anilines is 4. The molecule has 0 radical (unpaired) electrons. The van der Waals surface area contributed by atoms with Crippen LogP contribution in [-0.2, 0) is 15.1 Å². The monoisotopic (exact) mass is 599 g/mol. The third-order valence-corrected chi connectivity index (χ3v) is 8.39. The summed E-state index contributed by atoms with van der Waals surface area (Å²) in [6.07, 6.45) is 10.2. The zero-order chi connectivity index (χ0) is 30.9. The predicted molar refractivity (Wildman–Crippen MR) is 169 cm³/mol. The lowest BCUT2D eigenvalue weighted by atomic mass is 9.81. The summed E-state index contributed by atoms with van der Waals surface area (Å²) in [4.78, 5) is 39.5. The van der Waals surface area contributed by atoms with Crippen molar-refractivity contribution in [3.8, 4) is 0 Å². The number of aliphatic hydroxyl groups is 1. The summed E-state index contributed by atoms with van der Waals surface area (Å²) in [6, 6.07) is 14.2. The molecule has 1 aliphatic carbocycles. The van der Waals surface area contributed by atoms with E-state index in [1.165, 1.54) is 11.8 Å². The lowest BCUT2D eigenvalue weighted by molar-refractivity contribution is -0.186. The largest absolute Gasteiger partial charge is 0.379 e. The van der Waals surface area contributed by atoms with Gasteiger partial charge in [0.1, 0.15) is 23.5 Å². The Morgan fingerprint density at radius 2 is 1.89 bits per heavy atom. The molecular formula is C33H41N7O4. The molecule has 2 aliphatic rings. The molecule has 1 saturated carbocycles. The van der Waals surface area contributed by atoms with Crippen LogP contribution in [0.1, 0.15) is 66.1 Å². The maximum absolute atomic E-state index is 12.9. The second kappa shape index (κ2) is 14.5. The number of benzene rings is 1. The van der Waals surface area contributed by atoms with Crippen LogP contribution >= 0.6 is 0 Å². The molecule has 232 valence electrons. The molecule has 1 aromatic carbocycles. The summed E-state index contributed by atoms with van der Waals surface area (Å²) in [6.45, 7) is 5.28. The van der Waals surface area contributed by atoms with Crippen molar-refractivity contribution in [2.75, 3.05) is 44.0 Å². The third-order valence-electron chi connectivity index (χ3n) is 8.39. The molecule has 11 heteroatoms. The Labute approximate surface area is 258 Å². The van der Waals surface area contributed by atoms with E-state index in [0.717, 1.165) is 50.6 Å². The fourth-order valence-electron chi connectivity index (χ4n) is 5.72. The highest BCUT2D eigenvalue weighted by molar-refractivity contribution is 5.99. The number of pyridine rings is 1. The first-order valence-electron chi connectivity index (χ1n) is 15.2. The molecule has 44 heavy (non-hydrogen) atoms. The zero-order valence-electron chi connectivity index (χ0n) is 25.2. The van der Waals surface area contributed by atoms with Gasteiger partial charge in [-0.25, -0.2) is 9.97 Å². The van der Waals surface area contributed by atoms with Crippen molar-refractivity contribution in [2.24, 2.45) is 0 Å². The third kappa shape index (κ3) is 7.65. The second-order valence-corrected chi connectivity index (χ2v) is 11.6. The highest BCUT2D eigenvalue weighted by Gasteiger charge is 2.39. The van der Waals surface area contributed by atoms with Crippen LogP contribution in [0.3, 0.4) is 0 Å². The van der Waals surface area contributed by atoms with E-state index in [-0.39, 0.29) is 30.5 Å². The van der Waals surface area contributed by atoms with E-state index < -0.39 is 5.60 Å². The lowest BCUT2D eigenvalue weighted by Gasteiger charge is -2.35. The molecule has 0 atom stereocenters. The number of aromatic nitrogens is 3. The van der Waals surface area contributed by atoms with E-state index >= 15 is 0 Å². The number of aldehydes is 1. The number of hydrogen-bond donors (Lipinski definition) is 4. The van der Waals surface area contributed by atoms with E-state index in [4.69, 9.17) is 4.74 Å². The van der Waals surface area contributed by atoms with Crippen LogP contribution in [0, 0.1) is 0 Å². The van der Waals surface area contributed by atoms with Gasteiger partial charge in [-0.15, -0.1) is 6.58 Å². The molecule has 2 aromatic heterocycles. The van der Waals surface area contributed by atoms with Gasteiger partial charge in [-0.3, -0.25) is 4.79 Å². The van der Waals surface area contributed by atoms with Crippen molar-refractivity contribution < 1.29 is 19.4 Å². The number of ether oxygens (including phenoxy) is 1. The standard InChI is InChI=1S/C33H41N7O4/c1-3-17-34-31(42)27-20-35-32(39-30(27)38-29-8-6-7-28(37-29)33(43)21-44-22-33)36-25-13-9-23(10-14-25)24-11-15-26(16-12-24)40(2)18-4-5-19-41/h3,6-10,13-14,19-20,24,26,43H,1,4-5,11-12,15-18,21-22H2,2H3,(H,34,42)(H2,35,36,37,38,39). The zero-order valence-corrected chi connectivity index (χ0v) is 25.2. The first-order chi connectivity index (χ1) is 21.4. The molecule has 2 fully saturated rings. The van der Waals surface area contributed by atoms with Gasteiger partial charge in [0.2, 0.25) is 5.95 Å². The van der Waals surface area contributed by atoms with Gasteiger partial charge < -0.3 is 35.5 Å². The summed E-state index contributed by atoms with van der Waals surface area (Å²) in [5.74, 6) is 1.19. The van der Waals surface area contributed by atoms with Gasteiger partial charge in [0.05, 0.1) is 18.9 Å². The molecule has 3 aromatic rings. The van der Waals surface area contributed by atoms with Crippen molar-refractivity contribution in [2.45, 2.75) is 56.1 Å². The van der Waals surface area contributed by atoms with Crippen LogP contribution in [0.2, 0.25) is 0 Å². The van der Waals surface area contributed by atoms with Crippen LogP contribution < -0.4 is 16.0 Å². The van der Waals surface area contributed by atoms with E-state index in [2.05, 4.69) is 61.6 Å². The molecule has 0 bridgehead atoms. The van der Waals surface area contributed by atoms with Gasteiger partial charge in [-0.2, -0.15) is 4.98 Å². The molecular weight excluding hydrogens is 558 g/mol. The van der Waals surface area contributed by atoms with Crippen LogP contribution in [0.4, 0.5) is 23.3 Å². The van der Waals surface area contributed by atoms with Gasteiger partial charge in [0.25, 0.3) is 5.91 Å². The number of carbonyl (C=O) groups excluding carboxylic acids is 2. The van der Waals surface area contributed by atoms with Crippen LogP contribution in [0.5, 0.6) is 0 Å². The highest BCUT2D eigenvalue weighted by Crippen LogP contribution is 2.35. The first-order valence-corrected chi connectivity index (χ1v) is 15.2. The quantitative estimate of drug-likeness (QED) is 0.119. The smallest absolute Gasteiger partial charge is 0.256 e. The molecule has 1 amide bonds. The number of carbonyl (C=O) groups is 2. The number of nitrogens with one attached hydrogen (secondary N) is 3. The topological polar surface area (TPSA) is 142 Å². The van der Waals surface area contributed by atoms with Gasteiger partial charge in [0.15, 0.2) is 5.60 Å². The highest BCUT2D eigenvalue weighted by atomic mass is 16.5. The number of amides is 1. The first kappa shape index (κ1) is 31.2. The molecule has 3 heterocycles. The summed E-state index contributed by atoms with van der Waals surface area (Å²) >= 11 is 0. The van der Waals surface area contributed by atoms with Crippen LogP contribution in [0.25, 0.3) is 0 Å². The Kier molecular flexibility index (Phi) is 10.3. The Morgan fingerprint density at radius 3 is 2.57 bits per heavy atom. The summed E-state index contributed by atoms with van der Waals surface area (Å²) in [7, 11) is 2.17. The summed E-state index contributed by atoms with van der Waals surface area (Å²) < 4.78 is 5.17. The molecule has 1 aliphatic heterocycles. The van der Waals surface area contributed by atoms with Crippen LogP contribution in [-0.4, -0.2) is 76.5 Å². The van der Waals surface area contributed by atoms with Crippen molar-refractivity contribution in [3.05, 3.63) is 78.1 Å². The number of hydrogen-bond acceptors (Lipinski definition) is 10. The molecule has 0 spiro atoms. The van der Waals surface area contributed by atoms with Crippen molar-refractivity contribution >= 4 is 35.5 Å². The van der Waals surface area contributed by atoms with E-state index in [0.29, 0.717) is 42.4 Å². The predicted octanol–water partition coefficient (Wildman–Crippen LogP) is 4.43. The average molecular weight is 600 g/mol. The van der Waals surface area contributed by atoms with Crippen molar-refractivity contribution in [1.82, 2.24) is 25.2 Å². The molecule has 1 saturated heterocycles. The fraction of sp³-hybridized carbons (Fsp3) is 0.424. The normalized spacial score (nSPS) is 19.1. The van der Waals surface area contributed by atoms with Gasteiger partial charge in [0, 0.05) is 30.9 Å². The summed E-state index contributed by atoms with van der Waals surface area (Å²) in [5, 5.41) is 19.8. The fourth-order valence-corrected chi connectivity index (χ4v) is 5.72. The number of rotatable bonds is 14. The maximum Gasteiger partial charge on any atom is 0.256 e. The SMILES string of the molecule is C=CCNC(=O)c1cnc(Nc2ccc(C3CCC(N(C)CCCC=O)CC3)cc2)nc1Nc1cccc(C2(O)COC2)n1. The van der Waals surface area contributed by atoms with Crippen molar-refractivity contribution in [3.63, 3.8) is 0 Å². The van der Waals surface area contributed by atoms with Gasteiger partial charge >= 0.3 is 0 Å². The van der Waals surface area contributed by atoms with Gasteiger partial charge in [-0.1, -0.05) is 24.3 Å². The number of unbranched alkanes of at least 4 members (excludes halogenated alkanes) is 1. The Balaban J connectivity index is 1.26. The van der Waals surface area contributed by atoms with E-state index in [1.807, 2.05) is 12.1 Å².